The summed E-state index contributed by atoms with van der Waals surface area (Å²) in [6, 6.07) is 4.46. The molecule has 3 rings (SSSR count). The Morgan fingerprint density at radius 2 is 1.73 bits per heavy atom. The van der Waals surface area contributed by atoms with E-state index >= 15 is 0 Å². The Hall–Kier alpha value is -2.53. The molecule has 0 aromatic heterocycles. The SMILES string of the molecule is COC(=O)N1CCCN(C(=O)CCNS(=O)(=O)c2ccc3c(c2)OCCCO3)CC1. The summed E-state index contributed by atoms with van der Waals surface area (Å²) in [5.74, 6) is 0.748. The Morgan fingerprint density at radius 1 is 1.03 bits per heavy atom. The van der Waals surface area contributed by atoms with Gasteiger partial charge >= 0.3 is 6.09 Å². The maximum atomic E-state index is 12.6. The van der Waals surface area contributed by atoms with Gasteiger partial charge in [-0.2, -0.15) is 0 Å². The predicted molar refractivity (Wildman–Crippen MR) is 107 cm³/mol. The van der Waals surface area contributed by atoms with Gasteiger partial charge in [0.2, 0.25) is 15.9 Å². The number of fused-ring (bicyclic) bond motifs is 1. The molecule has 1 aromatic carbocycles. The molecule has 1 aromatic rings. The summed E-state index contributed by atoms with van der Waals surface area (Å²) in [6.07, 6.45) is 0.990. The van der Waals surface area contributed by atoms with Crippen molar-refractivity contribution in [2.24, 2.45) is 0 Å². The van der Waals surface area contributed by atoms with Crippen molar-refractivity contribution in [1.82, 2.24) is 14.5 Å². The van der Waals surface area contributed by atoms with Crippen molar-refractivity contribution >= 4 is 22.0 Å². The minimum absolute atomic E-state index is 0.0210. The largest absolute Gasteiger partial charge is 0.490 e. The fourth-order valence-electron chi connectivity index (χ4n) is 3.32. The topological polar surface area (TPSA) is 114 Å². The maximum Gasteiger partial charge on any atom is 0.409 e. The van der Waals surface area contributed by atoms with Crippen molar-refractivity contribution in [1.29, 1.82) is 0 Å². The van der Waals surface area contributed by atoms with Gasteiger partial charge < -0.3 is 24.0 Å². The second-order valence-electron chi connectivity index (χ2n) is 7.00. The van der Waals surface area contributed by atoms with E-state index in [1.165, 1.54) is 19.2 Å². The average Bonchev–Trinajstić information content (AvgIpc) is 3.13. The monoisotopic (exact) mass is 441 g/mol. The highest BCUT2D eigenvalue weighted by Gasteiger charge is 2.23. The second kappa shape index (κ2) is 9.98. The van der Waals surface area contributed by atoms with Gasteiger partial charge in [-0.3, -0.25) is 4.79 Å². The fraction of sp³-hybridized carbons (Fsp3) is 0.579. The number of ether oxygens (including phenoxy) is 3. The Labute approximate surface area is 176 Å². The minimum Gasteiger partial charge on any atom is -0.490 e. The van der Waals surface area contributed by atoms with Crippen LogP contribution in [-0.2, 0) is 19.6 Å². The average molecular weight is 442 g/mol. The number of nitrogens with zero attached hydrogens (tertiary/aromatic N) is 2. The normalized spacial score (nSPS) is 17.1. The summed E-state index contributed by atoms with van der Waals surface area (Å²) in [5, 5.41) is 0. The Morgan fingerprint density at radius 3 is 2.50 bits per heavy atom. The van der Waals surface area contributed by atoms with E-state index in [1.54, 1.807) is 15.9 Å². The molecule has 166 valence electrons. The maximum absolute atomic E-state index is 12.6. The molecule has 1 N–H and O–H groups in total. The van der Waals surface area contributed by atoms with Gasteiger partial charge in [0.1, 0.15) is 0 Å². The number of methoxy groups -OCH3 is 1. The number of benzene rings is 1. The molecular weight excluding hydrogens is 414 g/mol. The quantitative estimate of drug-likeness (QED) is 0.719. The molecule has 2 amide bonds. The van der Waals surface area contributed by atoms with Crippen LogP contribution < -0.4 is 14.2 Å². The first-order valence-electron chi connectivity index (χ1n) is 9.91. The third-order valence-corrected chi connectivity index (χ3v) is 6.40. The fourth-order valence-corrected chi connectivity index (χ4v) is 4.37. The van der Waals surface area contributed by atoms with Crippen molar-refractivity contribution in [3.05, 3.63) is 18.2 Å². The highest BCUT2D eigenvalue weighted by Crippen LogP contribution is 2.31. The lowest BCUT2D eigenvalue weighted by molar-refractivity contribution is -0.130. The summed E-state index contributed by atoms with van der Waals surface area (Å²) in [7, 11) is -2.46. The van der Waals surface area contributed by atoms with Crippen LogP contribution in [0.25, 0.3) is 0 Å². The molecule has 2 aliphatic rings. The molecule has 0 spiro atoms. The molecule has 2 heterocycles. The standard InChI is InChI=1S/C19H27N3O7S/c1-27-19(24)22-9-2-8-21(10-11-22)18(23)6-7-20-30(25,26)15-4-5-16-17(14-15)29-13-3-12-28-16/h4-5,14,20H,2-3,6-13H2,1H3. The number of hydrogen-bond acceptors (Lipinski definition) is 7. The molecule has 0 atom stereocenters. The molecular formula is C19H27N3O7S. The highest BCUT2D eigenvalue weighted by molar-refractivity contribution is 7.89. The number of nitrogens with one attached hydrogen (secondary N) is 1. The lowest BCUT2D eigenvalue weighted by Gasteiger charge is -2.21. The van der Waals surface area contributed by atoms with E-state index in [1.807, 2.05) is 0 Å². The van der Waals surface area contributed by atoms with E-state index in [9.17, 15) is 18.0 Å². The minimum atomic E-state index is -3.79. The van der Waals surface area contributed by atoms with Crippen LogP contribution in [0.3, 0.4) is 0 Å². The molecule has 11 heteroatoms. The molecule has 0 radical (unpaired) electrons. The molecule has 1 fully saturated rings. The zero-order valence-corrected chi connectivity index (χ0v) is 17.8. The van der Waals surface area contributed by atoms with E-state index in [4.69, 9.17) is 14.2 Å². The van der Waals surface area contributed by atoms with E-state index in [0.717, 1.165) is 6.42 Å². The van der Waals surface area contributed by atoms with E-state index in [2.05, 4.69) is 4.72 Å². The smallest absolute Gasteiger partial charge is 0.409 e. The lowest BCUT2D eigenvalue weighted by atomic mass is 10.3. The third kappa shape index (κ3) is 5.54. The van der Waals surface area contributed by atoms with Crippen molar-refractivity contribution in [3.63, 3.8) is 0 Å². The Kier molecular flexibility index (Phi) is 7.38. The zero-order chi connectivity index (χ0) is 21.6. The Balaban J connectivity index is 1.52. The number of sulfonamides is 1. The van der Waals surface area contributed by atoms with Crippen LogP contribution >= 0.6 is 0 Å². The predicted octanol–water partition coefficient (Wildman–Crippen LogP) is 0.817. The molecule has 0 aliphatic carbocycles. The van der Waals surface area contributed by atoms with E-state index in [0.29, 0.717) is 57.3 Å². The summed E-state index contributed by atoms with van der Waals surface area (Å²) in [4.78, 5) is 27.4. The van der Waals surface area contributed by atoms with Gasteiger partial charge in [0.15, 0.2) is 11.5 Å². The van der Waals surface area contributed by atoms with Gasteiger partial charge in [-0.1, -0.05) is 0 Å². The summed E-state index contributed by atoms with van der Waals surface area (Å²) >= 11 is 0. The van der Waals surface area contributed by atoms with Crippen LogP contribution in [0.1, 0.15) is 19.3 Å². The van der Waals surface area contributed by atoms with E-state index in [-0.39, 0.29) is 23.8 Å². The van der Waals surface area contributed by atoms with Gasteiger partial charge in [0, 0.05) is 51.6 Å². The summed E-state index contributed by atoms with van der Waals surface area (Å²) in [5.41, 5.74) is 0. The molecule has 0 saturated carbocycles. The first-order chi connectivity index (χ1) is 14.4. The Bertz CT molecular complexity index is 875. The number of carbonyl (C=O) groups excluding carboxylic acids is 2. The first kappa shape index (κ1) is 22.2. The highest BCUT2D eigenvalue weighted by atomic mass is 32.2. The molecule has 2 aliphatic heterocycles. The molecule has 0 bridgehead atoms. The molecule has 1 saturated heterocycles. The summed E-state index contributed by atoms with van der Waals surface area (Å²) in [6.45, 7) is 2.78. The van der Waals surface area contributed by atoms with Crippen molar-refractivity contribution < 1.29 is 32.2 Å². The summed E-state index contributed by atoms with van der Waals surface area (Å²) < 4.78 is 43.4. The van der Waals surface area contributed by atoms with Gasteiger partial charge in [-0.15, -0.1) is 0 Å². The van der Waals surface area contributed by atoms with Crippen LogP contribution in [0.2, 0.25) is 0 Å². The number of amides is 2. The van der Waals surface area contributed by atoms with E-state index < -0.39 is 16.1 Å². The van der Waals surface area contributed by atoms with Crippen LogP contribution in [0.4, 0.5) is 4.79 Å². The van der Waals surface area contributed by atoms with Crippen LogP contribution in [0.15, 0.2) is 23.1 Å². The second-order valence-corrected chi connectivity index (χ2v) is 8.77. The van der Waals surface area contributed by atoms with Gasteiger partial charge in [-0.05, 0) is 18.6 Å². The molecule has 30 heavy (non-hydrogen) atoms. The zero-order valence-electron chi connectivity index (χ0n) is 17.0. The number of rotatable bonds is 5. The van der Waals surface area contributed by atoms with Gasteiger partial charge in [0.05, 0.1) is 25.2 Å². The van der Waals surface area contributed by atoms with Crippen LogP contribution in [0, 0.1) is 0 Å². The lowest BCUT2D eigenvalue weighted by Crippen LogP contribution is -2.38. The number of hydrogen-bond donors (Lipinski definition) is 1. The first-order valence-corrected chi connectivity index (χ1v) is 11.4. The third-order valence-electron chi connectivity index (χ3n) is 4.94. The molecule has 10 nitrogen and oxygen atoms in total. The molecule has 0 unspecified atom stereocenters. The number of carbonyl (C=O) groups is 2. The van der Waals surface area contributed by atoms with Crippen molar-refractivity contribution in [2.75, 3.05) is 53.0 Å². The van der Waals surface area contributed by atoms with Gasteiger partial charge in [0.25, 0.3) is 0 Å². The van der Waals surface area contributed by atoms with Crippen LogP contribution in [-0.4, -0.2) is 83.3 Å². The van der Waals surface area contributed by atoms with Gasteiger partial charge in [-0.25, -0.2) is 17.9 Å². The van der Waals surface area contributed by atoms with Crippen molar-refractivity contribution in [2.45, 2.75) is 24.2 Å². The van der Waals surface area contributed by atoms with Crippen LogP contribution in [0.5, 0.6) is 11.5 Å². The van der Waals surface area contributed by atoms with Crippen molar-refractivity contribution in [3.8, 4) is 11.5 Å².